The lowest BCUT2D eigenvalue weighted by Gasteiger charge is -2.19. The fourth-order valence-electron chi connectivity index (χ4n) is 3.42. The van der Waals surface area contributed by atoms with Gasteiger partial charge >= 0.3 is 0 Å². The standard InChI is InChI=1S/C19H18BrN3OS/c20-13-6-1-2-7-14(13)21-18(24)12-23-11-5-9-16(23)19-22-15-8-3-4-10-17(15)25-19/h1-4,6-8,10,16H,5,9,11-12H2,(H,21,24)/p+1/t16-/m1/s1. The molecular weight excluding hydrogens is 398 g/mol. The predicted molar refractivity (Wildman–Crippen MR) is 105 cm³/mol. The number of quaternary nitrogens is 1. The largest absolute Gasteiger partial charge is 0.320 e. The van der Waals surface area contributed by atoms with E-state index in [-0.39, 0.29) is 5.91 Å². The molecule has 1 saturated heterocycles. The van der Waals surface area contributed by atoms with E-state index >= 15 is 0 Å². The Bertz CT molecular complexity index is 877. The summed E-state index contributed by atoms with van der Waals surface area (Å²) in [6.45, 7) is 1.49. The molecule has 1 aliphatic rings. The van der Waals surface area contributed by atoms with Crippen molar-refractivity contribution in [3.63, 3.8) is 0 Å². The summed E-state index contributed by atoms with van der Waals surface area (Å²) in [6, 6.07) is 16.3. The van der Waals surface area contributed by atoms with Gasteiger partial charge in [-0.05, 0) is 40.2 Å². The highest BCUT2D eigenvalue weighted by Gasteiger charge is 2.34. The molecule has 128 valence electrons. The van der Waals surface area contributed by atoms with E-state index in [1.807, 2.05) is 30.3 Å². The maximum absolute atomic E-state index is 12.5. The number of nitrogens with zero attached hydrogens (tertiary/aromatic N) is 1. The van der Waals surface area contributed by atoms with Crippen molar-refractivity contribution in [3.8, 4) is 0 Å². The lowest BCUT2D eigenvalue weighted by atomic mass is 10.2. The van der Waals surface area contributed by atoms with Crippen LogP contribution in [0.15, 0.2) is 53.0 Å². The molecule has 4 nitrogen and oxygen atoms in total. The summed E-state index contributed by atoms with van der Waals surface area (Å²) in [5.41, 5.74) is 1.88. The fourth-order valence-corrected chi connectivity index (χ4v) is 4.97. The Kier molecular flexibility index (Phi) is 4.83. The summed E-state index contributed by atoms with van der Waals surface area (Å²) in [7, 11) is 0. The Balaban J connectivity index is 1.48. The maximum Gasteiger partial charge on any atom is 0.279 e. The van der Waals surface area contributed by atoms with Crippen molar-refractivity contribution in [1.82, 2.24) is 4.98 Å². The van der Waals surface area contributed by atoms with E-state index in [2.05, 4.69) is 39.4 Å². The molecule has 2 aromatic carbocycles. The number of hydrogen-bond acceptors (Lipinski definition) is 3. The molecule has 1 aromatic heterocycles. The normalized spacial score (nSPS) is 20.0. The van der Waals surface area contributed by atoms with Crippen LogP contribution in [0, 0.1) is 0 Å². The Labute approximate surface area is 159 Å². The first-order valence-corrected chi connectivity index (χ1v) is 10.1. The second kappa shape index (κ2) is 7.23. The number of para-hydroxylation sites is 2. The lowest BCUT2D eigenvalue weighted by molar-refractivity contribution is -0.910. The molecule has 1 fully saturated rings. The average molecular weight is 417 g/mol. The van der Waals surface area contributed by atoms with E-state index in [9.17, 15) is 4.79 Å². The van der Waals surface area contributed by atoms with Gasteiger partial charge in [0.15, 0.2) is 11.6 Å². The van der Waals surface area contributed by atoms with Crippen molar-refractivity contribution in [2.75, 3.05) is 18.4 Å². The fraction of sp³-hybridized carbons (Fsp3) is 0.263. The molecule has 2 heterocycles. The van der Waals surface area contributed by atoms with Gasteiger partial charge in [-0.25, -0.2) is 4.98 Å². The molecule has 1 aliphatic heterocycles. The number of carbonyl (C=O) groups excluding carboxylic acids is 1. The SMILES string of the molecule is O=C(C[NH+]1CCC[C@@H]1c1nc2ccccc2s1)Nc1ccccc1Br. The molecule has 4 rings (SSSR count). The Hall–Kier alpha value is -1.76. The van der Waals surface area contributed by atoms with Crippen molar-refractivity contribution in [3.05, 3.63) is 58.0 Å². The number of aromatic nitrogens is 1. The van der Waals surface area contributed by atoms with Crippen LogP contribution in [0.1, 0.15) is 23.9 Å². The van der Waals surface area contributed by atoms with Crippen molar-refractivity contribution < 1.29 is 9.69 Å². The van der Waals surface area contributed by atoms with Crippen molar-refractivity contribution in [2.24, 2.45) is 0 Å². The first kappa shape index (κ1) is 16.7. The van der Waals surface area contributed by atoms with Gasteiger partial charge in [-0.2, -0.15) is 0 Å². The number of anilines is 1. The first-order chi connectivity index (χ1) is 12.2. The topological polar surface area (TPSA) is 46.4 Å². The molecule has 0 aliphatic carbocycles. The van der Waals surface area contributed by atoms with Crippen LogP contribution in [0.2, 0.25) is 0 Å². The van der Waals surface area contributed by atoms with Gasteiger partial charge < -0.3 is 10.2 Å². The second-order valence-electron chi connectivity index (χ2n) is 6.33. The zero-order valence-electron chi connectivity index (χ0n) is 13.7. The Morgan fingerprint density at radius 1 is 1.24 bits per heavy atom. The highest BCUT2D eigenvalue weighted by Crippen LogP contribution is 2.28. The number of carbonyl (C=O) groups is 1. The van der Waals surface area contributed by atoms with Gasteiger partial charge in [-0.1, -0.05) is 24.3 Å². The molecule has 25 heavy (non-hydrogen) atoms. The van der Waals surface area contributed by atoms with Crippen molar-refractivity contribution in [2.45, 2.75) is 18.9 Å². The summed E-state index contributed by atoms with van der Waals surface area (Å²) in [6.07, 6.45) is 2.23. The van der Waals surface area contributed by atoms with E-state index in [0.29, 0.717) is 12.6 Å². The number of benzene rings is 2. The zero-order valence-corrected chi connectivity index (χ0v) is 16.1. The summed E-state index contributed by atoms with van der Waals surface area (Å²) in [5.74, 6) is 0.0508. The molecule has 0 bridgehead atoms. The smallest absolute Gasteiger partial charge is 0.279 e. The van der Waals surface area contributed by atoms with Gasteiger partial charge in [0.05, 0.1) is 22.4 Å². The molecule has 0 spiro atoms. The minimum atomic E-state index is 0.0508. The number of hydrogen-bond donors (Lipinski definition) is 2. The number of nitrogens with one attached hydrogen (secondary N) is 2. The van der Waals surface area contributed by atoms with Crippen molar-refractivity contribution in [1.29, 1.82) is 0 Å². The minimum absolute atomic E-state index is 0.0508. The third kappa shape index (κ3) is 3.61. The van der Waals surface area contributed by atoms with E-state index in [0.717, 1.165) is 40.1 Å². The quantitative estimate of drug-likeness (QED) is 0.684. The van der Waals surface area contributed by atoms with Gasteiger partial charge in [-0.3, -0.25) is 4.79 Å². The molecule has 0 radical (unpaired) electrons. The molecule has 3 aromatic rings. The highest BCUT2D eigenvalue weighted by molar-refractivity contribution is 9.10. The number of fused-ring (bicyclic) bond motifs is 1. The molecule has 2 atom stereocenters. The Morgan fingerprint density at radius 3 is 2.88 bits per heavy atom. The molecular formula is C19H19BrN3OS+. The number of likely N-dealkylation sites (tertiary alicyclic amines) is 1. The van der Waals surface area contributed by atoms with Crippen LogP contribution < -0.4 is 10.2 Å². The van der Waals surface area contributed by atoms with Crippen LogP contribution in [0.25, 0.3) is 10.2 Å². The van der Waals surface area contributed by atoms with Crippen LogP contribution in [0.4, 0.5) is 5.69 Å². The monoisotopic (exact) mass is 416 g/mol. The predicted octanol–water partition coefficient (Wildman–Crippen LogP) is 3.42. The summed E-state index contributed by atoms with van der Waals surface area (Å²) in [5, 5.41) is 4.17. The molecule has 6 heteroatoms. The van der Waals surface area contributed by atoms with Crippen LogP contribution in [-0.2, 0) is 4.79 Å². The number of rotatable bonds is 4. The molecule has 1 unspecified atom stereocenters. The summed E-state index contributed by atoms with van der Waals surface area (Å²) < 4.78 is 2.13. The van der Waals surface area contributed by atoms with E-state index in [1.54, 1.807) is 11.3 Å². The third-order valence-electron chi connectivity index (χ3n) is 4.63. The Morgan fingerprint density at radius 2 is 2.04 bits per heavy atom. The summed E-state index contributed by atoms with van der Waals surface area (Å²) >= 11 is 5.24. The highest BCUT2D eigenvalue weighted by atomic mass is 79.9. The van der Waals surface area contributed by atoms with Crippen molar-refractivity contribution >= 4 is 49.1 Å². The number of halogens is 1. The van der Waals surface area contributed by atoms with Gasteiger partial charge in [0.2, 0.25) is 0 Å². The lowest BCUT2D eigenvalue weighted by Crippen LogP contribution is -3.11. The number of thiazole rings is 1. The third-order valence-corrected chi connectivity index (χ3v) is 6.47. The van der Waals surface area contributed by atoms with Crippen LogP contribution >= 0.6 is 27.3 Å². The average Bonchev–Trinajstić information content (AvgIpc) is 3.23. The van der Waals surface area contributed by atoms with Crippen LogP contribution in [0.3, 0.4) is 0 Å². The zero-order chi connectivity index (χ0) is 17.2. The van der Waals surface area contributed by atoms with E-state index in [1.165, 1.54) is 9.60 Å². The molecule has 1 amide bonds. The number of amides is 1. The minimum Gasteiger partial charge on any atom is -0.320 e. The van der Waals surface area contributed by atoms with Crippen LogP contribution in [0.5, 0.6) is 0 Å². The van der Waals surface area contributed by atoms with Gasteiger partial charge in [0.25, 0.3) is 5.91 Å². The maximum atomic E-state index is 12.5. The van der Waals surface area contributed by atoms with Gasteiger partial charge in [0.1, 0.15) is 6.04 Å². The molecule has 2 N–H and O–H groups in total. The second-order valence-corrected chi connectivity index (χ2v) is 8.24. The van der Waals surface area contributed by atoms with Gasteiger partial charge in [0, 0.05) is 17.3 Å². The van der Waals surface area contributed by atoms with Gasteiger partial charge in [-0.15, -0.1) is 11.3 Å². The van der Waals surface area contributed by atoms with Crippen LogP contribution in [-0.4, -0.2) is 24.0 Å². The van der Waals surface area contributed by atoms with E-state index in [4.69, 9.17) is 4.98 Å². The van der Waals surface area contributed by atoms with E-state index < -0.39 is 0 Å². The first-order valence-electron chi connectivity index (χ1n) is 8.45. The molecule has 0 saturated carbocycles. The summed E-state index contributed by atoms with van der Waals surface area (Å²) in [4.78, 5) is 18.6.